The Balaban J connectivity index is 2.00. The van der Waals surface area contributed by atoms with Crippen LogP contribution in [0.25, 0.3) is 11.4 Å². The number of carbonyl (C=O) groups is 1. The van der Waals surface area contributed by atoms with Gasteiger partial charge in [0.05, 0.1) is 0 Å². The van der Waals surface area contributed by atoms with Gasteiger partial charge in [0.15, 0.2) is 5.82 Å². The molecule has 5 heteroatoms. The van der Waals surface area contributed by atoms with Gasteiger partial charge in [-0.3, -0.25) is 4.79 Å². The summed E-state index contributed by atoms with van der Waals surface area (Å²) in [5.41, 5.74) is 2.95. The lowest BCUT2D eigenvalue weighted by Gasteiger charge is -2.06. The van der Waals surface area contributed by atoms with Gasteiger partial charge in [0.1, 0.15) is 5.38 Å². The van der Waals surface area contributed by atoms with Crippen LogP contribution in [-0.2, 0) is 17.6 Å². The monoisotopic (exact) mass is 332 g/mol. The minimum Gasteiger partial charge on any atom is -0.480 e. The van der Waals surface area contributed by atoms with Crippen molar-refractivity contribution in [2.75, 3.05) is 0 Å². The van der Waals surface area contributed by atoms with Crippen molar-refractivity contribution in [3.8, 4) is 11.4 Å². The average molecular weight is 333 g/mol. The number of carboxylic acid groups (broad SMARTS) is 1. The zero-order chi connectivity index (χ0) is 16.7. The van der Waals surface area contributed by atoms with E-state index >= 15 is 0 Å². The molecule has 0 bridgehead atoms. The van der Waals surface area contributed by atoms with E-state index in [1.165, 1.54) is 12.8 Å². The zero-order valence-corrected chi connectivity index (χ0v) is 14.0. The Bertz CT molecular complexity index is 626. The highest BCUT2D eigenvalue weighted by Gasteiger charge is 2.14. The first kappa shape index (κ1) is 17.4. The number of carboxylic acids is 1. The molecule has 122 valence electrons. The highest BCUT2D eigenvalue weighted by atomic mass is 35.5. The molecule has 1 atom stereocenters. The van der Waals surface area contributed by atoms with Gasteiger partial charge in [-0.25, -0.2) is 9.97 Å². The number of halogens is 1. The van der Waals surface area contributed by atoms with Crippen molar-refractivity contribution in [2.24, 2.45) is 0 Å². The summed E-state index contributed by atoms with van der Waals surface area (Å²) >= 11 is 5.75. The molecule has 0 aliphatic carbocycles. The lowest BCUT2D eigenvalue weighted by molar-refractivity contribution is -0.136. The van der Waals surface area contributed by atoms with Crippen molar-refractivity contribution in [1.29, 1.82) is 0 Å². The Labute approximate surface area is 141 Å². The lowest BCUT2D eigenvalue weighted by Crippen LogP contribution is -2.15. The fourth-order valence-corrected chi connectivity index (χ4v) is 2.47. The van der Waals surface area contributed by atoms with Crippen LogP contribution in [-0.4, -0.2) is 26.4 Å². The van der Waals surface area contributed by atoms with Crippen LogP contribution in [0.2, 0.25) is 0 Å². The van der Waals surface area contributed by atoms with Crippen LogP contribution >= 0.6 is 11.6 Å². The molecule has 2 rings (SSSR count). The summed E-state index contributed by atoms with van der Waals surface area (Å²) in [6.45, 7) is 2.19. The molecule has 0 unspecified atom stereocenters. The van der Waals surface area contributed by atoms with E-state index in [2.05, 4.69) is 16.9 Å². The summed E-state index contributed by atoms with van der Waals surface area (Å²) in [6, 6.07) is 7.53. The summed E-state index contributed by atoms with van der Waals surface area (Å²) in [5, 5.41) is 7.92. The van der Waals surface area contributed by atoms with Gasteiger partial charge in [-0.15, -0.1) is 11.6 Å². The molecule has 1 aromatic carbocycles. The first-order valence-corrected chi connectivity index (χ1v) is 8.31. The number of hydrogen-bond acceptors (Lipinski definition) is 3. The predicted octanol–water partition coefficient (Wildman–Crippen LogP) is 4.11. The molecule has 0 radical (unpaired) electrons. The van der Waals surface area contributed by atoms with E-state index in [9.17, 15) is 4.79 Å². The van der Waals surface area contributed by atoms with Crippen molar-refractivity contribution in [3.63, 3.8) is 0 Å². The number of rotatable bonds is 8. The molecule has 0 saturated heterocycles. The third-order valence-electron chi connectivity index (χ3n) is 3.67. The molecule has 0 amide bonds. The fraction of sp³-hybridized carbons (Fsp3) is 0.389. The first-order valence-electron chi connectivity index (χ1n) is 7.87. The quantitative estimate of drug-likeness (QED) is 0.583. The molecule has 4 nitrogen and oxygen atoms in total. The van der Waals surface area contributed by atoms with Crippen LogP contribution in [0.4, 0.5) is 0 Å². The topological polar surface area (TPSA) is 63.1 Å². The SMILES string of the molecule is CCCCCc1cnc(-c2ccc(C[C@@H](Cl)C(=O)O)cc2)nc1. The van der Waals surface area contributed by atoms with E-state index in [1.807, 2.05) is 36.7 Å². The number of aryl methyl sites for hydroxylation is 1. The third-order valence-corrected chi connectivity index (χ3v) is 4.01. The average Bonchev–Trinajstić information content (AvgIpc) is 2.56. The molecular weight excluding hydrogens is 312 g/mol. The van der Waals surface area contributed by atoms with E-state index < -0.39 is 11.3 Å². The van der Waals surface area contributed by atoms with Gasteiger partial charge in [0.25, 0.3) is 0 Å². The Hall–Kier alpha value is -1.94. The molecule has 2 aromatic rings. The van der Waals surface area contributed by atoms with Gasteiger partial charge in [-0.1, -0.05) is 44.0 Å². The minimum atomic E-state index is -1.00. The van der Waals surface area contributed by atoms with Gasteiger partial charge in [0.2, 0.25) is 0 Å². The molecule has 0 aliphatic rings. The Morgan fingerprint density at radius 1 is 1.13 bits per heavy atom. The summed E-state index contributed by atoms with van der Waals surface area (Å²) in [6.07, 6.45) is 8.67. The molecule has 0 fully saturated rings. The van der Waals surface area contributed by atoms with E-state index in [0.29, 0.717) is 12.2 Å². The molecule has 0 aliphatic heterocycles. The molecule has 0 saturated carbocycles. The van der Waals surface area contributed by atoms with Gasteiger partial charge >= 0.3 is 5.97 Å². The van der Waals surface area contributed by atoms with E-state index in [-0.39, 0.29) is 0 Å². The maximum absolute atomic E-state index is 10.8. The molecule has 1 aromatic heterocycles. The number of unbranched alkanes of at least 4 members (excludes halogenated alkanes) is 2. The first-order chi connectivity index (χ1) is 11.1. The number of aromatic nitrogens is 2. The lowest BCUT2D eigenvalue weighted by atomic mass is 10.1. The Morgan fingerprint density at radius 2 is 1.78 bits per heavy atom. The highest BCUT2D eigenvalue weighted by Crippen LogP contribution is 2.17. The second-order valence-corrected chi connectivity index (χ2v) is 6.11. The summed E-state index contributed by atoms with van der Waals surface area (Å²) in [7, 11) is 0. The standard InChI is InChI=1S/C18H21ClN2O2/c1-2-3-4-5-14-11-20-17(21-12-14)15-8-6-13(7-9-15)10-16(19)18(22)23/h6-9,11-12,16H,2-5,10H2,1H3,(H,22,23)/t16-/m1/s1. The number of benzene rings is 1. The third kappa shape index (κ3) is 5.32. The maximum atomic E-state index is 10.8. The van der Waals surface area contributed by atoms with Gasteiger partial charge in [-0.05, 0) is 30.4 Å². The summed E-state index contributed by atoms with van der Waals surface area (Å²) < 4.78 is 0. The van der Waals surface area contributed by atoms with E-state index in [4.69, 9.17) is 16.7 Å². The molecule has 1 N–H and O–H groups in total. The molecule has 1 heterocycles. The number of alkyl halides is 1. The fourth-order valence-electron chi connectivity index (χ4n) is 2.30. The van der Waals surface area contributed by atoms with E-state index in [1.54, 1.807) is 0 Å². The predicted molar refractivity (Wildman–Crippen MR) is 91.7 cm³/mol. The van der Waals surface area contributed by atoms with Gasteiger partial charge in [0, 0.05) is 18.0 Å². The molecule has 23 heavy (non-hydrogen) atoms. The second kappa shape index (κ2) is 8.63. The van der Waals surface area contributed by atoms with Crippen LogP contribution in [0.3, 0.4) is 0 Å². The van der Waals surface area contributed by atoms with Crippen molar-refractivity contribution in [2.45, 2.75) is 44.4 Å². The van der Waals surface area contributed by atoms with Crippen molar-refractivity contribution in [3.05, 3.63) is 47.8 Å². The smallest absolute Gasteiger partial charge is 0.321 e. The number of aliphatic carboxylic acids is 1. The van der Waals surface area contributed by atoms with Crippen LogP contribution < -0.4 is 0 Å². The maximum Gasteiger partial charge on any atom is 0.321 e. The Morgan fingerprint density at radius 3 is 2.35 bits per heavy atom. The van der Waals surface area contributed by atoms with Crippen LogP contribution in [0.5, 0.6) is 0 Å². The molecular formula is C18H21ClN2O2. The van der Waals surface area contributed by atoms with Crippen LogP contribution in [0, 0.1) is 0 Å². The number of hydrogen-bond donors (Lipinski definition) is 1. The Kier molecular flexibility index (Phi) is 6.53. The van der Waals surface area contributed by atoms with Gasteiger partial charge in [-0.2, -0.15) is 0 Å². The van der Waals surface area contributed by atoms with Crippen LogP contribution in [0.1, 0.15) is 37.3 Å². The van der Waals surface area contributed by atoms with E-state index in [0.717, 1.165) is 29.5 Å². The normalized spacial score (nSPS) is 12.1. The van der Waals surface area contributed by atoms with Crippen LogP contribution in [0.15, 0.2) is 36.7 Å². The van der Waals surface area contributed by atoms with Crippen molar-refractivity contribution in [1.82, 2.24) is 9.97 Å². The summed E-state index contributed by atoms with van der Waals surface area (Å²) in [4.78, 5) is 19.6. The highest BCUT2D eigenvalue weighted by molar-refractivity contribution is 6.29. The number of nitrogens with zero attached hydrogens (tertiary/aromatic N) is 2. The summed E-state index contributed by atoms with van der Waals surface area (Å²) in [5.74, 6) is -0.325. The van der Waals surface area contributed by atoms with Crippen molar-refractivity contribution < 1.29 is 9.90 Å². The minimum absolute atomic E-state index is 0.300. The van der Waals surface area contributed by atoms with Gasteiger partial charge < -0.3 is 5.11 Å². The zero-order valence-electron chi connectivity index (χ0n) is 13.2. The largest absolute Gasteiger partial charge is 0.480 e. The second-order valence-electron chi connectivity index (χ2n) is 5.58. The van der Waals surface area contributed by atoms with Crippen molar-refractivity contribution >= 4 is 17.6 Å². The molecule has 0 spiro atoms.